The molecule has 0 aliphatic heterocycles. The summed E-state index contributed by atoms with van der Waals surface area (Å²) in [5.74, 6) is 0.0405. The number of carbonyl (C=O) groups is 1. The first-order valence-electron chi connectivity index (χ1n) is 7.03. The maximum atomic E-state index is 11.8. The minimum atomic E-state index is -0.789. The molecule has 0 unspecified atom stereocenters. The zero-order valence-corrected chi connectivity index (χ0v) is 12.8. The van der Waals surface area contributed by atoms with Crippen molar-refractivity contribution < 1.29 is 15.0 Å². The zero-order chi connectivity index (χ0) is 15.9. The van der Waals surface area contributed by atoms with Crippen molar-refractivity contribution in [3.63, 3.8) is 0 Å². The quantitative estimate of drug-likeness (QED) is 0.767. The van der Waals surface area contributed by atoms with E-state index in [1.807, 2.05) is 6.07 Å². The number of nitrogens with one attached hydrogen (secondary N) is 1. The number of phenolic OH excluding ortho intramolecular Hbond substituents is 1. The summed E-state index contributed by atoms with van der Waals surface area (Å²) in [7, 11) is 0. The number of benzene rings is 2. The molecule has 0 heterocycles. The molecule has 116 valence electrons. The molecule has 0 aromatic heterocycles. The Morgan fingerprint density at radius 3 is 2.68 bits per heavy atom. The number of hydrogen-bond acceptors (Lipinski definition) is 3. The van der Waals surface area contributed by atoms with Crippen molar-refractivity contribution >= 4 is 17.5 Å². The van der Waals surface area contributed by atoms with E-state index in [9.17, 15) is 15.0 Å². The molecule has 0 saturated carbocycles. The van der Waals surface area contributed by atoms with Gasteiger partial charge in [0.2, 0.25) is 5.91 Å². The molecule has 2 aromatic rings. The highest BCUT2D eigenvalue weighted by Gasteiger charge is 2.10. The second-order valence-electron chi connectivity index (χ2n) is 5.04. The van der Waals surface area contributed by atoms with Gasteiger partial charge in [0.05, 0.1) is 6.10 Å². The van der Waals surface area contributed by atoms with Crippen LogP contribution in [0.15, 0.2) is 48.5 Å². The van der Waals surface area contributed by atoms with Crippen LogP contribution in [0.5, 0.6) is 5.75 Å². The second-order valence-corrected chi connectivity index (χ2v) is 5.48. The fourth-order valence-corrected chi connectivity index (χ4v) is 2.30. The molecule has 0 radical (unpaired) electrons. The molecule has 1 atom stereocenters. The summed E-state index contributed by atoms with van der Waals surface area (Å²) in [4.78, 5) is 11.8. The van der Waals surface area contributed by atoms with E-state index in [-0.39, 0.29) is 18.2 Å². The van der Waals surface area contributed by atoms with Crippen molar-refractivity contribution in [3.05, 3.63) is 64.7 Å². The largest absolute Gasteiger partial charge is 0.508 e. The van der Waals surface area contributed by atoms with Gasteiger partial charge in [0.25, 0.3) is 0 Å². The van der Waals surface area contributed by atoms with Gasteiger partial charge in [-0.15, -0.1) is 0 Å². The van der Waals surface area contributed by atoms with Gasteiger partial charge in [-0.1, -0.05) is 35.9 Å². The van der Waals surface area contributed by atoms with Crippen LogP contribution in [0.4, 0.5) is 0 Å². The Labute approximate surface area is 134 Å². The molecular formula is C17H18ClNO3. The van der Waals surface area contributed by atoms with E-state index < -0.39 is 6.10 Å². The van der Waals surface area contributed by atoms with Crippen LogP contribution in [0.3, 0.4) is 0 Å². The van der Waals surface area contributed by atoms with Crippen molar-refractivity contribution in [1.82, 2.24) is 5.32 Å². The highest BCUT2D eigenvalue weighted by Crippen LogP contribution is 2.17. The fourth-order valence-electron chi connectivity index (χ4n) is 2.10. The molecular weight excluding hydrogens is 302 g/mol. The normalized spacial score (nSPS) is 11.9. The van der Waals surface area contributed by atoms with E-state index in [0.717, 1.165) is 5.56 Å². The topological polar surface area (TPSA) is 69.6 Å². The van der Waals surface area contributed by atoms with E-state index in [1.54, 1.807) is 42.5 Å². The van der Waals surface area contributed by atoms with Gasteiger partial charge < -0.3 is 15.5 Å². The Morgan fingerprint density at radius 2 is 1.95 bits per heavy atom. The van der Waals surface area contributed by atoms with Gasteiger partial charge in [-0.2, -0.15) is 0 Å². The summed E-state index contributed by atoms with van der Waals surface area (Å²) < 4.78 is 0. The lowest BCUT2D eigenvalue weighted by molar-refractivity contribution is -0.121. The van der Waals surface area contributed by atoms with E-state index >= 15 is 0 Å². The van der Waals surface area contributed by atoms with Crippen LogP contribution in [-0.4, -0.2) is 22.7 Å². The number of hydrogen-bond donors (Lipinski definition) is 3. The lowest BCUT2D eigenvalue weighted by Crippen LogP contribution is -2.28. The number of aromatic hydroxyl groups is 1. The molecule has 5 heteroatoms. The molecule has 4 nitrogen and oxygen atoms in total. The molecule has 1 amide bonds. The summed E-state index contributed by atoms with van der Waals surface area (Å²) in [5.41, 5.74) is 1.56. The number of carbonyl (C=O) groups excluding carboxylic acids is 1. The van der Waals surface area contributed by atoms with Crippen LogP contribution < -0.4 is 5.32 Å². The monoisotopic (exact) mass is 319 g/mol. The summed E-state index contributed by atoms with van der Waals surface area (Å²) in [6, 6.07) is 13.7. The van der Waals surface area contributed by atoms with Gasteiger partial charge in [-0.05, 0) is 41.8 Å². The van der Waals surface area contributed by atoms with E-state index in [4.69, 9.17) is 11.6 Å². The number of rotatable bonds is 6. The molecule has 22 heavy (non-hydrogen) atoms. The van der Waals surface area contributed by atoms with Crippen LogP contribution in [0.25, 0.3) is 0 Å². The molecule has 0 bridgehead atoms. The van der Waals surface area contributed by atoms with Gasteiger partial charge >= 0.3 is 0 Å². The minimum Gasteiger partial charge on any atom is -0.508 e. The molecule has 0 aliphatic carbocycles. The van der Waals surface area contributed by atoms with Gasteiger partial charge in [-0.3, -0.25) is 4.79 Å². The minimum absolute atomic E-state index is 0.138. The maximum Gasteiger partial charge on any atom is 0.220 e. The molecule has 0 aliphatic rings. The summed E-state index contributed by atoms with van der Waals surface area (Å²) in [6.45, 7) is 0.138. The molecule has 3 N–H and O–H groups in total. The highest BCUT2D eigenvalue weighted by atomic mass is 35.5. The average Bonchev–Trinajstić information content (AvgIpc) is 2.50. The van der Waals surface area contributed by atoms with Crippen LogP contribution in [0, 0.1) is 0 Å². The number of aliphatic hydroxyl groups is 1. The van der Waals surface area contributed by atoms with Crippen LogP contribution in [0.1, 0.15) is 23.7 Å². The molecule has 0 fully saturated rings. The Hall–Kier alpha value is -2.04. The standard InChI is InChI=1S/C17H18ClNO3/c18-14-5-2-4-13(10-14)16(21)11-19-17(22)8-7-12-3-1-6-15(20)9-12/h1-6,9-10,16,20-21H,7-8,11H2,(H,19,22)/t16-/m1/s1. The van der Waals surface area contributed by atoms with Crippen molar-refractivity contribution in [3.8, 4) is 5.75 Å². The Balaban J connectivity index is 1.78. The lowest BCUT2D eigenvalue weighted by Gasteiger charge is -2.12. The van der Waals surface area contributed by atoms with E-state index in [0.29, 0.717) is 23.4 Å². The van der Waals surface area contributed by atoms with Gasteiger partial charge in [0.15, 0.2) is 0 Å². The van der Waals surface area contributed by atoms with Crippen LogP contribution >= 0.6 is 11.6 Å². The first-order valence-corrected chi connectivity index (χ1v) is 7.40. The van der Waals surface area contributed by atoms with E-state index in [1.165, 1.54) is 0 Å². The zero-order valence-electron chi connectivity index (χ0n) is 12.0. The molecule has 2 aromatic carbocycles. The highest BCUT2D eigenvalue weighted by molar-refractivity contribution is 6.30. The third kappa shape index (κ3) is 5.06. The van der Waals surface area contributed by atoms with Crippen LogP contribution in [0.2, 0.25) is 5.02 Å². The van der Waals surface area contributed by atoms with E-state index in [2.05, 4.69) is 5.32 Å². The summed E-state index contributed by atoms with van der Waals surface area (Å²) in [6.07, 6.45) is 0.0441. The first kappa shape index (κ1) is 16.3. The molecule has 0 spiro atoms. The van der Waals surface area contributed by atoms with Gasteiger partial charge in [0.1, 0.15) is 5.75 Å². The fraction of sp³-hybridized carbons (Fsp3) is 0.235. The Bertz CT molecular complexity index is 645. The first-order chi connectivity index (χ1) is 10.5. The predicted octanol–water partition coefficient (Wildman–Crippen LogP) is 2.83. The number of aryl methyl sites for hydroxylation is 1. The van der Waals surface area contributed by atoms with Crippen molar-refractivity contribution in [1.29, 1.82) is 0 Å². The Morgan fingerprint density at radius 1 is 1.18 bits per heavy atom. The van der Waals surface area contributed by atoms with Crippen molar-refractivity contribution in [2.45, 2.75) is 18.9 Å². The van der Waals surface area contributed by atoms with Crippen molar-refractivity contribution in [2.24, 2.45) is 0 Å². The predicted molar refractivity (Wildman–Crippen MR) is 85.8 cm³/mol. The smallest absolute Gasteiger partial charge is 0.220 e. The van der Waals surface area contributed by atoms with Crippen LogP contribution in [-0.2, 0) is 11.2 Å². The van der Waals surface area contributed by atoms with Gasteiger partial charge in [0, 0.05) is 18.0 Å². The second kappa shape index (κ2) is 7.82. The molecule has 0 saturated heterocycles. The lowest BCUT2D eigenvalue weighted by atomic mass is 10.1. The SMILES string of the molecule is O=C(CCc1cccc(O)c1)NC[C@@H](O)c1cccc(Cl)c1. The Kier molecular flexibility index (Phi) is 5.81. The number of amides is 1. The average molecular weight is 320 g/mol. The third-order valence-electron chi connectivity index (χ3n) is 3.28. The third-order valence-corrected chi connectivity index (χ3v) is 3.51. The number of halogens is 1. The number of phenols is 1. The summed E-state index contributed by atoms with van der Waals surface area (Å²) in [5, 5.41) is 22.6. The summed E-state index contributed by atoms with van der Waals surface area (Å²) >= 11 is 5.86. The maximum absolute atomic E-state index is 11.8. The molecule has 2 rings (SSSR count). The van der Waals surface area contributed by atoms with Crippen molar-refractivity contribution in [2.75, 3.05) is 6.54 Å². The van der Waals surface area contributed by atoms with Gasteiger partial charge in [-0.25, -0.2) is 0 Å². The number of aliphatic hydroxyl groups excluding tert-OH is 1.